The van der Waals surface area contributed by atoms with E-state index < -0.39 is 0 Å². The van der Waals surface area contributed by atoms with Crippen molar-refractivity contribution in [3.05, 3.63) is 48.0 Å². The summed E-state index contributed by atoms with van der Waals surface area (Å²) in [5, 5.41) is 2.63. The highest BCUT2D eigenvalue weighted by Gasteiger charge is 2.33. The second-order valence-electron chi connectivity index (χ2n) is 6.99. The van der Waals surface area contributed by atoms with E-state index >= 15 is 0 Å². The van der Waals surface area contributed by atoms with Crippen molar-refractivity contribution in [2.75, 3.05) is 32.9 Å². The first-order valence-corrected chi connectivity index (χ1v) is 9.31. The Morgan fingerprint density at radius 3 is 2.64 bits per heavy atom. The molecule has 3 nitrogen and oxygen atoms in total. The van der Waals surface area contributed by atoms with Crippen LogP contribution in [0.25, 0.3) is 10.8 Å². The van der Waals surface area contributed by atoms with Crippen LogP contribution in [0.3, 0.4) is 0 Å². The Bertz CT molecular complexity index is 672. The van der Waals surface area contributed by atoms with E-state index in [0.29, 0.717) is 12.1 Å². The maximum atomic E-state index is 6.30. The molecule has 2 aromatic carbocycles. The Labute approximate surface area is 156 Å². The van der Waals surface area contributed by atoms with Gasteiger partial charge in [-0.25, -0.2) is 0 Å². The van der Waals surface area contributed by atoms with Crippen LogP contribution in [-0.4, -0.2) is 50.0 Å². The smallest absolute Gasteiger partial charge is 0.0730 e. The molecule has 136 valence electrons. The number of morpholine rings is 1. The fourth-order valence-corrected chi connectivity index (χ4v) is 4.15. The van der Waals surface area contributed by atoms with Crippen LogP contribution in [0.5, 0.6) is 0 Å². The zero-order valence-electron chi connectivity index (χ0n) is 14.7. The number of fused-ring (bicyclic) bond motifs is 1. The number of ether oxygens (including phenoxy) is 2. The van der Waals surface area contributed by atoms with E-state index in [2.05, 4.69) is 47.4 Å². The quantitative estimate of drug-likeness (QED) is 0.801. The Morgan fingerprint density at radius 1 is 1.00 bits per heavy atom. The Kier molecular flexibility index (Phi) is 6.71. The van der Waals surface area contributed by atoms with Crippen LogP contribution in [0.4, 0.5) is 0 Å². The number of nitrogens with zero attached hydrogens (tertiary/aromatic N) is 1. The van der Waals surface area contributed by atoms with Crippen LogP contribution in [0.15, 0.2) is 42.5 Å². The van der Waals surface area contributed by atoms with Gasteiger partial charge in [-0.1, -0.05) is 42.5 Å². The summed E-state index contributed by atoms with van der Waals surface area (Å²) in [7, 11) is 0. The van der Waals surface area contributed by atoms with Gasteiger partial charge in [0.1, 0.15) is 0 Å². The molecule has 1 heterocycles. The lowest BCUT2D eigenvalue weighted by Crippen LogP contribution is -2.47. The predicted molar refractivity (Wildman–Crippen MR) is 105 cm³/mol. The van der Waals surface area contributed by atoms with Crippen molar-refractivity contribution in [3.63, 3.8) is 0 Å². The minimum Gasteiger partial charge on any atom is -0.379 e. The van der Waals surface area contributed by atoms with Gasteiger partial charge < -0.3 is 9.47 Å². The van der Waals surface area contributed by atoms with E-state index in [4.69, 9.17) is 9.47 Å². The maximum absolute atomic E-state index is 6.30. The topological polar surface area (TPSA) is 21.7 Å². The summed E-state index contributed by atoms with van der Waals surface area (Å²) in [4.78, 5) is 2.58. The average Bonchev–Trinajstić information content (AvgIpc) is 3.11. The highest BCUT2D eigenvalue weighted by Crippen LogP contribution is 2.27. The lowest BCUT2D eigenvalue weighted by Gasteiger charge is -2.35. The molecule has 2 fully saturated rings. The summed E-state index contributed by atoms with van der Waals surface area (Å²) < 4.78 is 11.8. The van der Waals surface area contributed by atoms with Gasteiger partial charge >= 0.3 is 0 Å². The Balaban J connectivity index is 0.00000182. The van der Waals surface area contributed by atoms with Crippen molar-refractivity contribution >= 4 is 23.2 Å². The van der Waals surface area contributed by atoms with E-state index in [-0.39, 0.29) is 12.4 Å². The number of hydrogen-bond acceptors (Lipinski definition) is 3. The summed E-state index contributed by atoms with van der Waals surface area (Å²) in [5.74, 6) is 0. The van der Waals surface area contributed by atoms with Crippen LogP contribution in [0, 0.1) is 0 Å². The lowest BCUT2D eigenvalue weighted by atomic mass is 10.1. The molecule has 0 N–H and O–H groups in total. The Hall–Kier alpha value is -1.13. The molecule has 1 saturated heterocycles. The minimum atomic E-state index is 0. The second-order valence-corrected chi connectivity index (χ2v) is 6.99. The summed E-state index contributed by atoms with van der Waals surface area (Å²) >= 11 is 0. The molecule has 1 aliphatic carbocycles. The predicted octanol–water partition coefficient (Wildman–Crippen LogP) is 4.07. The molecule has 0 amide bonds. The maximum Gasteiger partial charge on any atom is 0.0730 e. The number of benzene rings is 2. The first kappa shape index (κ1) is 18.7. The van der Waals surface area contributed by atoms with Crippen LogP contribution in [-0.2, 0) is 15.9 Å². The third-order valence-corrected chi connectivity index (χ3v) is 5.47. The Morgan fingerprint density at radius 2 is 1.80 bits per heavy atom. The van der Waals surface area contributed by atoms with E-state index in [1.807, 2.05) is 0 Å². The third kappa shape index (κ3) is 4.53. The van der Waals surface area contributed by atoms with Crippen molar-refractivity contribution in [3.8, 4) is 0 Å². The van der Waals surface area contributed by atoms with Gasteiger partial charge in [-0.05, 0) is 42.0 Å². The van der Waals surface area contributed by atoms with Gasteiger partial charge in [0, 0.05) is 19.1 Å². The van der Waals surface area contributed by atoms with Crippen LogP contribution >= 0.6 is 12.4 Å². The van der Waals surface area contributed by atoms with E-state index in [1.54, 1.807) is 0 Å². The van der Waals surface area contributed by atoms with E-state index in [0.717, 1.165) is 39.3 Å². The van der Waals surface area contributed by atoms with Gasteiger partial charge in [0.25, 0.3) is 0 Å². The first-order chi connectivity index (χ1) is 11.9. The molecular formula is C21H28ClNO2. The summed E-state index contributed by atoms with van der Waals surface area (Å²) in [6.45, 7) is 4.70. The van der Waals surface area contributed by atoms with Crippen molar-refractivity contribution in [1.82, 2.24) is 4.90 Å². The molecule has 1 aliphatic heterocycles. The molecule has 0 radical (unpaired) electrons. The highest BCUT2D eigenvalue weighted by atomic mass is 35.5. The summed E-state index contributed by atoms with van der Waals surface area (Å²) in [6.07, 6.45) is 5.18. The molecule has 2 unspecified atom stereocenters. The van der Waals surface area contributed by atoms with Gasteiger partial charge in [0.2, 0.25) is 0 Å². The van der Waals surface area contributed by atoms with Crippen molar-refractivity contribution in [1.29, 1.82) is 0 Å². The lowest BCUT2D eigenvalue weighted by molar-refractivity contribution is -0.0366. The second kappa shape index (κ2) is 9.00. The standard InChI is InChI=1S/C21H27NO2.ClH/c1-2-5-19-16-17(8-9-18(19)4-1)10-13-24-21-7-3-6-20(21)22-11-14-23-15-12-22;/h1-2,4-5,8-9,16,20-21H,3,6-7,10-15H2;1H. The number of halogens is 1. The molecule has 1 saturated carbocycles. The highest BCUT2D eigenvalue weighted by molar-refractivity contribution is 5.85. The van der Waals surface area contributed by atoms with Gasteiger partial charge in [0.05, 0.1) is 25.9 Å². The molecular weight excluding hydrogens is 334 g/mol. The molecule has 2 aromatic rings. The normalized spacial score (nSPS) is 24.3. The van der Waals surface area contributed by atoms with Gasteiger partial charge in [-0.2, -0.15) is 0 Å². The molecule has 25 heavy (non-hydrogen) atoms. The zero-order valence-corrected chi connectivity index (χ0v) is 15.5. The van der Waals surface area contributed by atoms with Crippen LogP contribution in [0.1, 0.15) is 24.8 Å². The fraction of sp³-hybridized carbons (Fsp3) is 0.524. The minimum absolute atomic E-state index is 0. The van der Waals surface area contributed by atoms with Crippen LogP contribution < -0.4 is 0 Å². The van der Waals surface area contributed by atoms with Crippen LogP contribution in [0.2, 0.25) is 0 Å². The molecule has 0 bridgehead atoms. The third-order valence-electron chi connectivity index (χ3n) is 5.47. The number of rotatable bonds is 5. The molecule has 0 spiro atoms. The van der Waals surface area contributed by atoms with Gasteiger partial charge in [-0.15, -0.1) is 12.4 Å². The van der Waals surface area contributed by atoms with Crippen molar-refractivity contribution < 1.29 is 9.47 Å². The van der Waals surface area contributed by atoms with Crippen molar-refractivity contribution in [2.45, 2.75) is 37.8 Å². The SMILES string of the molecule is Cl.c1ccc2cc(CCOC3CCCC3N3CCOCC3)ccc2c1. The van der Waals surface area contributed by atoms with Gasteiger partial charge in [0.15, 0.2) is 0 Å². The molecule has 4 rings (SSSR count). The monoisotopic (exact) mass is 361 g/mol. The summed E-state index contributed by atoms with van der Waals surface area (Å²) in [6, 6.07) is 15.9. The zero-order chi connectivity index (χ0) is 16.2. The molecule has 2 aliphatic rings. The average molecular weight is 362 g/mol. The summed E-state index contributed by atoms with van der Waals surface area (Å²) in [5.41, 5.74) is 1.37. The largest absolute Gasteiger partial charge is 0.379 e. The first-order valence-electron chi connectivity index (χ1n) is 9.31. The molecule has 4 heteroatoms. The van der Waals surface area contributed by atoms with E-state index in [1.165, 1.54) is 35.6 Å². The van der Waals surface area contributed by atoms with Crippen molar-refractivity contribution in [2.24, 2.45) is 0 Å². The van der Waals surface area contributed by atoms with Gasteiger partial charge in [-0.3, -0.25) is 4.90 Å². The molecule has 2 atom stereocenters. The van der Waals surface area contributed by atoms with E-state index in [9.17, 15) is 0 Å². The molecule has 0 aromatic heterocycles. The number of hydrogen-bond donors (Lipinski definition) is 0. The fourth-order valence-electron chi connectivity index (χ4n) is 4.15.